The van der Waals surface area contributed by atoms with E-state index in [9.17, 15) is 0 Å². The summed E-state index contributed by atoms with van der Waals surface area (Å²) in [5.74, 6) is 3.92. The van der Waals surface area contributed by atoms with Crippen molar-refractivity contribution >= 4 is 38.4 Å². The number of likely N-dealkylation sites (tertiary alicyclic amines) is 1. The van der Waals surface area contributed by atoms with Crippen LogP contribution in [0.15, 0.2) is 55.2 Å². The lowest BCUT2D eigenvalue weighted by atomic mass is 9.87. The third-order valence-electron chi connectivity index (χ3n) is 13.9. The van der Waals surface area contributed by atoms with Crippen molar-refractivity contribution in [3.05, 3.63) is 60.8 Å². The first-order chi connectivity index (χ1) is 32.5. The van der Waals surface area contributed by atoms with E-state index in [2.05, 4.69) is 177 Å². The van der Waals surface area contributed by atoms with Crippen LogP contribution in [0.25, 0.3) is 32.6 Å². The Kier molecular flexibility index (Phi) is 36.2. The van der Waals surface area contributed by atoms with Crippen molar-refractivity contribution in [2.75, 3.05) is 91.1 Å². The maximum absolute atomic E-state index is 5.42. The lowest BCUT2D eigenvalue weighted by Gasteiger charge is -2.30. The second-order valence-corrected chi connectivity index (χ2v) is 20.9. The molecular formula is C61H117N10O2+. The minimum Gasteiger partial charge on any atom is -0.497 e. The molecule has 0 bridgehead atoms. The second-order valence-electron chi connectivity index (χ2n) is 20.9. The van der Waals surface area contributed by atoms with Gasteiger partial charge in [-0.25, -0.2) is 9.55 Å². The molecule has 4 N–H and O–H groups in total. The van der Waals surface area contributed by atoms with Crippen molar-refractivity contribution in [1.82, 2.24) is 39.9 Å². The molecule has 5 aromatic rings. The van der Waals surface area contributed by atoms with E-state index >= 15 is 0 Å². The number of benzene rings is 2. The summed E-state index contributed by atoms with van der Waals surface area (Å²) in [5, 5.41) is 15.2. The lowest BCUT2D eigenvalue weighted by Crippen LogP contribution is -2.46. The van der Waals surface area contributed by atoms with Gasteiger partial charge in [-0.3, -0.25) is 15.1 Å². The number of aromatic amines is 1. The third kappa shape index (κ3) is 22.9. The summed E-state index contributed by atoms with van der Waals surface area (Å²) in [6.45, 7) is 42.9. The Hall–Kier alpha value is -3.78. The van der Waals surface area contributed by atoms with Crippen molar-refractivity contribution in [1.29, 1.82) is 0 Å². The molecule has 7 heterocycles. The van der Waals surface area contributed by atoms with Gasteiger partial charge in [0, 0.05) is 92.1 Å². The minimum absolute atomic E-state index is 0. The molecule has 12 nitrogen and oxygen atoms in total. The number of aromatic nitrogens is 4. The highest BCUT2D eigenvalue weighted by molar-refractivity contribution is 6.15. The van der Waals surface area contributed by atoms with Gasteiger partial charge in [-0.05, 0) is 181 Å². The van der Waals surface area contributed by atoms with Gasteiger partial charge in [-0.1, -0.05) is 51.0 Å². The molecule has 4 aliphatic rings. The van der Waals surface area contributed by atoms with Gasteiger partial charge in [-0.15, -0.1) is 0 Å². The highest BCUT2D eigenvalue weighted by atomic mass is 16.5. The second kappa shape index (κ2) is 37.0. The average molecular weight is 1020 g/mol. The zero-order valence-corrected chi connectivity index (χ0v) is 45.6. The van der Waals surface area contributed by atoms with Crippen molar-refractivity contribution in [2.24, 2.45) is 18.9 Å². The molecule has 3 aromatic heterocycles. The zero-order chi connectivity index (χ0) is 49.8. The van der Waals surface area contributed by atoms with Gasteiger partial charge in [0.2, 0.25) is 0 Å². The van der Waals surface area contributed by atoms with Gasteiger partial charge in [0.1, 0.15) is 5.75 Å². The van der Waals surface area contributed by atoms with Crippen LogP contribution in [-0.4, -0.2) is 139 Å². The van der Waals surface area contributed by atoms with Crippen LogP contribution in [0, 0.1) is 18.8 Å². The Morgan fingerprint density at radius 1 is 0.658 bits per heavy atom. The summed E-state index contributed by atoms with van der Waals surface area (Å²) in [7, 11) is 3.79. The molecule has 0 aliphatic carbocycles. The van der Waals surface area contributed by atoms with Gasteiger partial charge >= 0.3 is 0 Å². The summed E-state index contributed by atoms with van der Waals surface area (Å²) in [6.07, 6.45) is 13.3. The number of piperazine rings is 1. The Labute approximate surface area is 450 Å². The number of piperidine rings is 1. The highest BCUT2D eigenvalue weighted by Crippen LogP contribution is 2.36. The molecule has 4 aliphatic heterocycles. The third-order valence-corrected chi connectivity index (χ3v) is 13.9. The predicted octanol–water partition coefficient (Wildman–Crippen LogP) is 13.2. The van der Waals surface area contributed by atoms with E-state index in [1.165, 1.54) is 97.6 Å². The Bertz CT molecular complexity index is 2070. The molecule has 0 saturated carbocycles. The summed E-state index contributed by atoms with van der Waals surface area (Å²) >= 11 is 0. The van der Waals surface area contributed by atoms with E-state index in [0.717, 1.165) is 80.4 Å². The fourth-order valence-corrected chi connectivity index (χ4v) is 9.27. The van der Waals surface area contributed by atoms with Crippen LogP contribution in [0.3, 0.4) is 0 Å². The lowest BCUT2D eigenvalue weighted by molar-refractivity contribution is -0.656. The number of rotatable bonds is 8. The van der Waals surface area contributed by atoms with Crippen molar-refractivity contribution in [3.63, 3.8) is 0 Å². The van der Waals surface area contributed by atoms with Crippen molar-refractivity contribution in [3.8, 4) is 5.75 Å². The molecule has 0 radical (unpaired) electrons. The number of H-pyrrole nitrogens is 1. The quantitative estimate of drug-likeness (QED) is 0.113. The molecule has 0 spiro atoms. The smallest absolute Gasteiger partial charge is 0.282 e. The Morgan fingerprint density at radius 2 is 1.21 bits per heavy atom. The summed E-state index contributed by atoms with van der Waals surface area (Å²) < 4.78 is 14.8. The zero-order valence-electron chi connectivity index (χ0n) is 45.6. The van der Waals surface area contributed by atoms with E-state index in [1.54, 1.807) is 13.3 Å². The molecule has 73 heavy (non-hydrogen) atoms. The van der Waals surface area contributed by atoms with E-state index in [4.69, 9.17) is 9.47 Å². The molecule has 2 aromatic carbocycles. The molecule has 12 heteroatoms. The molecule has 0 atom stereocenters. The monoisotopic (exact) mass is 1020 g/mol. The fourth-order valence-electron chi connectivity index (χ4n) is 9.27. The average Bonchev–Trinajstić information content (AvgIpc) is 4.15. The van der Waals surface area contributed by atoms with Crippen LogP contribution in [-0.2, 0) is 11.8 Å². The molecule has 422 valence electrons. The maximum Gasteiger partial charge on any atom is 0.282 e. The van der Waals surface area contributed by atoms with Crippen LogP contribution in [0.1, 0.15) is 158 Å². The number of morpholine rings is 1. The molecular weight excluding hydrogens is 905 g/mol. The minimum atomic E-state index is 0. The Morgan fingerprint density at radius 3 is 1.63 bits per heavy atom. The van der Waals surface area contributed by atoms with Gasteiger partial charge in [0.05, 0.1) is 56.8 Å². The van der Waals surface area contributed by atoms with E-state index in [1.807, 2.05) is 18.6 Å². The number of fused-ring (bicyclic) bond motifs is 4. The molecule has 0 amide bonds. The number of nitrogens with zero attached hydrogens (tertiary/aromatic N) is 6. The highest BCUT2D eigenvalue weighted by Gasteiger charge is 2.19. The molecule has 0 unspecified atom stereocenters. The fraction of sp³-hybridized carbons (Fsp3) is 0.705. The van der Waals surface area contributed by atoms with Crippen LogP contribution in [0.4, 0.5) is 5.82 Å². The van der Waals surface area contributed by atoms with E-state index < -0.39 is 0 Å². The Balaban J connectivity index is 0. The van der Waals surface area contributed by atoms with E-state index in [-0.39, 0.29) is 37.1 Å². The first kappa shape index (κ1) is 71.3. The van der Waals surface area contributed by atoms with Crippen LogP contribution in [0.2, 0.25) is 0 Å². The summed E-state index contributed by atoms with van der Waals surface area (Å²) in [5.41, 5.74) is 3.60. The standard InChI is InChI=1S/C21H23N3O.C8H17N.C7H16N2.C7H15NO.C7H15N.C6H10N2.5CH4/c1-12(2)22-21-18-11-17-16-10-14(25-5)6-7-19(16)23-20(17)13(3)15(18)8-9-24(21)4;1-7(2)8-3-5-9-6-4-8;1-7(2)9-5-3-8-4-6-9;1-7(2)8-3-5-9-6-4-8;1-7(2)8-5-3-4-6-8;1-6(2)8-4-3-7-5-8;;;;;/h6-12H,1-5H3,(H,22,23);7-9H,3-6H2,1-2H3;7-8H,3-6H2,1-2H3;7H,3-6H2,1-2H3;7H,3-6H2,1-2H3;3-6H,1-2H3;5*1H4/p+1. The summed E-state index contributed by atoms with van der Waals surface area (Å²) in [6, 6.07) is 13.8. The van der Waals surface area contributed by atoms with Crippen LogP contribution in [0.5, 0.6) is 5.75 Å². The summed E-state index contributed by atoms with van der Waals surface area (Å²) in [4.78, 5) is 14.9. The number of pyridine rings is 1. The van der Waals surface area contributed by atoms with Crippen molar-refractivity contribution in [2.45, 2.75) is 183 Å². The number of imidazole rings is 1. The normalized spacial score (nSPS) is 16.2. The van der Waals surface area contributed by atoms with E-state index in [0.29, 0.717) is 18.1 Å². The topological polar surface area (TPSA) is 102 Å². The van der Waals surface area contributed by atoms with Crippen LogP contribution < -0.4 is 25.3 Å². The first-order valence-corrected chi connectivity index (χ1v) is 26.4. The first-order valence-electron chi connectivity index (χ1n) is 26.4. The van der Waals surface area contributed by atoms with Gasteiger partial charge in [0.25, 0.3) is 5.82 Å². The number of anilines is 1. The molecule has 4 fully saturated rings. The molecule has 4 saturated heterocycles. The number of nitrogens with one attached hydrogen (secondary N) is 4. The maximum atomic E-state index is 5.42. The number of methoxy groups -OCH3 is 1. The number of ether oxygens (including phenoxy) is 2. The van der Waals surface area contributed by atoms with Gasteiger partial charge < -0.3 is 34.6 Å². The molecule has 9 rings (SSSR count). The number of hydrogen-bond donors (Lipinski definition) is 4. The number of hydrogen-bond acceptors (Lipinski definition) is 9. The largest absolute Gasteiger partial charge is 0.497 e. The van der Waals surface area contributed by atoms with Gasteiger partial charge in [0.15, 0.2) is 0 Å². The van der Waals surface area contributed by atoms with Gasteiger partial charge in [-0.2, -0.15) is 0 Å². The SMILES string of the molecule is C.C.C.C.C.CC(C)C1CCNCC1.CC(C)N1CCCC1.CC(C)N1CCNCC1.CC(C)N1CCOCC1.CC(C)n1ccnc1.COc1ccc2[nH]c3c(C)c4cc[n+](C)c(NC(C)C)c4cc3c2c1. The van der Waals surface area contributed by atoms with Crippen LogP contribution >= 0.6 is 0 Å². The van der Waals surface area contributed by atoms with Crippen molar-refractivity contribution < 1.29 is 14.0 Å². The number of aryl methyl sites for hydroxylation is 2. The predicted molar refractivity (Wildman–Crippen MR) is 324 cm³/mol.